The molecule has 1 heterocycles. The number of rotatable bonds is 2. The molecule has 0 aliphatic rings. The Kier molecular flexibility index (Phi) is 2.88. The summed E-state index contributed by atoms with van der Waals surface area (Å²) in [6.07, 6.45) is 1.71. The fraction of sp³-hybridized carbons (Fsp3) is 0.0833. The zero-order valence-corrected chi connectivity index (χ0v) is 9.12. The summed E-state index contributed by atoms with van der Waals surface area (Å²) in [5, 5.41) is 3.75. The van der Waals surface area contributed by atoms with Crippen LogP contribution in [0.3, 0.4) is 0 Å². The number of pyridine rings is 1. The summed E-state index contributed by atoms with van der Waals surface area (Å²) in [5.74, 6) is 0. The average Bonchev–Trinajstić information content (AvgIpc) is 2.30. The summed E-state index contributed by atoms with van der Waals surface area (Å²) in [5.41, 5.74) is 2.81. The second-order valence-electron chi connectivity index (χ2n) is 3.13. The van der Waals surface area contributed by atoms with Crippen molar-refractivity contribution in [2.45, 2.75) is 0 Å². The fourth-order valence-corrected chi connectivity index (χ4v) is 1.73. The van der Waals surface area contributed by atoms with Gasteiger partial charge in [0.2, 0.25) is 0 Å². The van der Waals surface area contributed by atoms with Crippen LogP contribution in [0.1, 0.15) is 0 Å². The lowest BCUT2D eigenvalue weighted by atomic mass is 10.1. The third-order valence-electron chi connectivity index (χ3n) is 2.20. The van der Waals surface area contributed by atoms with Crippen molar-refractivity contribution < 1.29 is 0 Å². The standard InChI is InChI=1S/C12H11ClN2/c1-14-12-10(13)7-8-15-11(12)9-5-3-2-4-6-9/h2-8,14H,1H3. The number of nitrogens with one attached hydrogen (secondary N) is 1. The number of hydrogen-bond acceptors (Lipinski definition) is 2. The number of benzene rings is 1. The monoisotopic (exact) mass is 218 g/mol. The quantitative estimate of drug-likeness (QED) is 0.835. The molecule has 0 saturated carbocycles. The molecule has 0 spiro atoms. The lowest BCUT2D eigenvalue weighted by molar-refractivity contribution is 1.31. The third kappa shape index (κ3) is 1.95. The Bertz CT molecular complexity index is 454. The summed E-state index contributed by atoms with van der Waals surface area (Å²) >= 11 is 6.08. The Morgan fingerprint density at radius 3 is 2.53 bits per heavy atom. The van der Waals surface area contributed by atoms with Gasteiger partial charge in [0, 0.05) is 18.8 Å². The molecule has 0 bridgehead atoms. The van der Waals surface area contributed by atoms with E-state index in [-0.39, 0.29) is 0 Å². The van der Waals surface area contributed by atoms with Crippen LogP contribution in [0.4, 0.5) is 5.69 Å². The van der Waals surface area contributed by atoms with Gasteiger partial charge < -0.3 is 5.32 Å². The van der Waals surface area contributed by atoms with E-state index in [1.165, 1.54) is 0 Å². The highest BCUT2D eigenvalue weighted by Crippen LogP contribution is 2.31. The highest BCUT2D eigenvalue weighted by atomic mass is 35.5. The lowest BCUT2D eigenvalue weighted by Gasteiger charge is -2.09. The summed E-state index contributed by atoms with van der Waals surface area (Å²) in [7, 11) is 1.84. The second kappa shape index (κ2) is 4.32. The molecule has 2 nitrogen and oxygen atoms in total. The predicted molar refractivity (Wildman–Crippen MR) is 64.2 cm³/mol. The number of hydrogen-bond donors (Lipinski definition) is 1. The first-order chi connectivity index (χ1) is 7.33. The minimum atomic E-state index is 0.686. The SMILES string of the molecule is CNc1c(Cl)ccnc1-c1ccccc1. The van der Waals surface area contributed by atoms with Gasteiger partial charge in [-0.3, -0.25) is 4.98 Å². The molecule has 1 aromatic carbocycles. The van der Waals surface area contributed by atoms with Crippen LogP contribution in [0, 0.1) is 0 Å². The van der Waals surface area contributed by atoms with Crippen LogP contribution in [0.25, 0.3) is 11.3 Å². The fourth-order valence-electron chi connectivity index (χ4n) is 1.49. The first-order valence-corrected chi connectivity index (χ1v) is 5.08. The maximum absolute atomic E-state index is 6.08. The first-order valence-electron chi connectivity index (χ1n) is 4.70. The molecule has 0 saturated heterocycles. The van der Waals surface area contributed by atoms with E-state index in [4.69, 9.17) is 11.6 Å². The molecule has 2 aromatic rings. The summed E-state index contributed by atoms with van der Waals surface area (Å²) < 4.78 is 0. The molecule has 0 aliphatic heterocycles. The smallest absolute Gasteiger partial charge is 0.0948 e. The Labute approximate surface area is 93.9 Å². The van der Waals surface area contributed by atoms with Crippen molar-refractivity contribution in [1.29, 1.82) is 0 Å². The van der Waals surface area contributed by atoms with Crippen molar-refractivity contribution >= 4 is 17.3 Å². The van der Waals surface area contributed by atoms with E-state index in [0.29, 0.717) is 5.02 Å². The zero-order chi connectivity index (χ0) is 10.7. The van der Waals surface area contributed by atoms with Crippen LogP contribution >= 0.6 is 11.6 Å². The van der Waals surface area contributed by atoms with Crippen molar-refractivity contribution in [1.82, 2.24) is 4.98 Å². The molecule has 0 atom stereocenters. The van der Waals surface area contributed by atoms with E-state index >= 15 is 0 Å². The number of aromatic nitrogens is 1. The topological polar surface area (TPSA) is 24.9 Å². The average molecular weight is 219 g/mol. The molecule has 0 radical (unpaired) electrons. The molecular weight excluding hydrogens is 208 g/mol. The molecule has 0 fully saturated rings. The van der Waals surface area contributed by atoms with Crippen molar-refractivity contribution in [3.63, 3.8) is 0 Å². The van der Waals surface area contributed by atoms with Gasteiger partial charge in [0.1, 0.15) is 0 Å². The van der Waals surface area contributed by atoms with E-state index in [9.17, 15) is 0 Å². The first kappa shape index (κ1) is 9.99. The highest BCUT2D eigenvalue weighted by Gasteiger charge is 2.07. The van der Waals surface area contributed by atoms with Crippen LogP contribution < -0.4 is 5.32 Å². The summed E-state index contributed by atoms with van der Waals surface area (Å²) in [6, 6.07) is 11.8. The van der Waals surface area contributed by atoms with Gasteiger partial charge in [0.05, 0.1) is 16.4 Å². The zero-order valence-electron chi connectivity index (χ0n) is 8.37. The molecule has 1 aromatic heterocycles. The van der Waals surface area contributed by atoms with E-state index in [2.05, 4.69) is 10.3 Å². The van der Waals surface area contributed by atoms with Gasteiger partial charge in [-0.1, -0.05) is 41.9 Å². The van der Waals surface area contributed by atoms with E-state index in [0.717, 1.165) is 16.9 Å². The Morgan fingerprint density at radius 1 is 1.13 bits per heavy atom. The Hall–Kier alpha value is -1.54. The van der Waals surface area contributed by atoms with Crippen LogP contribution in [0.2, 0.25) is 5.02 Å². The Morgan fingerprint density at radius 2 is 1.87 bits per heavy atom. The van der Waals surface area contributed by atoms with E-state index in [1.807, 2.05) is 37.4 Å². The van der Waals surface area contributed by atoms with Gasteiger partial charge in [0.25, 0.3) is 0 Å². The van der Waals surface area contributed by atoms with E-state index < -0.39 is 0 Å². The van der Waals surface area contributed by atoms with Crippen molar-refractivity contribution in [2.75, 3.05) is 12.4 Å². The molecule has 3 heteroatoms. The van der Waals surface area contributed by atoms with Gasteiger partial charge in [-0.15, -0.1) is 0 Å². The normalized spacial score (nSPS) is 10.0. The molecule has 2 rings (SSSR count). The van der Waals surface area contributed by atoms with Gasteiger partial charge in [-0.2, -0.15) is 0 Å². The molecular formula is C12H11ClN2. The molecule has 0 unspecified atom stereocenters. The highest BCUT2D eigenvalue weighted by molar-refractivity contribution is 6.33. The maximum atomic E-state index is 6.08. The van der Waals surface area contributed by atoms with Crippen molar-refractivity contribution in [2.24, 2.45) is 0 Å². The van der Waals surface area contributed by atoms with Gasteiger partial charge >= 0.3 is 0 Å². The number of halogens is 1. The van der Waals surface area contributed by atoms with Crippen LogP contribution in [-0.2, 0) is 0 Å². The largest absolute Gasteiger partial charge is 0.385 e. The minimum absolute atomic E-state index is 0.686. The van der Waals surface area contributed by atoms with Crippen LogP contribution in [0.5, 0.6) is 0 Å². The summed E-state index contributed by atoms with van der Waals surface area (Å²) in [6.45, 7) is 0. The third-order valence-corrected chi connectivity index (χ3v) is 2.51. The number of nitrogens with zero attached hydrogens (tertiary/aromatic N) is 1. The molecule has 1 N–H and O–H groups in total. The second-order valence-corrected chi connectivity index (χ2v) is 3.54. The van der Waals surface area contributed by atoms with Crippen LogP contribution in [0.15, 0.2) is 42.6 Å². The van der Waals surface area contributed by atoms with Gasteiger partial charge in [-0.05, 0) is 6.07 Å². The molecule has 15 heavy (non-hydrogen) atoms. The van der Waals surface area contributed by atoms with Gasteiger partial charge in [0.15, 0.2) is 0 Å². The lowest BCUT2D eigenvalue weighted by Crippen LogP contribution is -1.95. The van der Waals surface area contributed by atoms with Crippen molar-refractivity contribution in [3.8, 4) is 11.3 Å². The molecule has 0 aliphatic carbocycles. The van der Waals surface area contributed by atoms with Crippen molar-refractivity contribution in [3.05, 3.63) is 47.6 Å². The number of anilines is 1. The Balaban J connectivity index is 2.58. The van der Waals surface area contributed by atoms with E-state index in [1.54, 1.807) is 12.3 Å². The molecule has 76 valence electrons. The maximum Gasteiger partial charge on any atom is 0.0948 e. The predicted octanol–water partition coefficient (Wildman–Crippen LogP) is 3.44. The minimum Gasteiger partial charge on any atom is -0.385 e. The molecule has 0 amide bonds. The van der Waals surface area contributed by atoms with Crippen LogP contribution in [-0.4, -0.2) is 12.0 Å². The van der Waals surface area contributed by atoms with Gasteiger partial charge in [-0.25, -0.2) is 0 Å². The summed E-state index contributed by atoms with van der Waals surface area (Å²) in [4.78, 5) is 4.33.